The first-order valence-corrected chi connectivity index (χ1v) is 31.0. The second kappa shape index (κ2) is 61.8. The van der Waals surface area contributed by atoms with Crippen LogP contribution in [0, 0.1) is 0 Å². The number of nitrogens with one attached hydrogen (secondary N) is 2. The van der Waals surface area contributed by atoms with E-state index in [0.717, 1.165) is 34.4 Å². The Kier molecular flexibility index (Phi) is 59.8. The summed E-state index contributed by atoms with van der Waals surface area (Å²) in [6.07, 6.45) is 8.53. The molecule has 0 aliphatic carbocycles. The van der Waals surface area contributed by atoms with Gasteiger partial charge >= 0.3 is 0 Å². The summed E-state index contributed by atoms with van der Waals surface area (Å²) in [6.45, 7) is 10.6. The molecule has 0 rings (SSSR count). The second-order valence-corrected chi connectivity index (χ2v) is 18.8. The van der Waals surface area contributed by atoms with Gasteiger partial charge in [0.25, 0.3) is 0 Å². The summed E-state index contributed by atoms with van der Waals surface area (Å²) >= 11 is 6.85. The van der Waals surface area contributed by atoms with Gasteiger partial charge in [0, 0.05) is 73.5 Å². The van der Waals surface area contributed by atoms with E-state index < -0.39 is 0 Å². The van der Waals surface area contributed by atoms with Crippen molar-refractivity contribution >= 4 is 76.2 Å². The molecule has 0 aliphatic heterocycles. The van der Waals surface area contributed by atoms with E-state index >= 15 is 0 Å². The fraction of sp³-hybridized carbons (Fsp3) is 0.894. The van der Waals surface area contributed by atoms with Crippen LogP contribution in [0.3, 0.4) is 0 Å². The zero-order valence-electron chi connectivity index (χ0n) is 45.6. The van der Waals surface area contributed by atoms with Gasteiger partial charge in [0.1, 0.15) is 13.2 Å². The molecule has 0 spiro atoms. The Hall–Kier alpha value is -2.42. The Morgan fingerprint density at radius 2 is 0.684 bits per heavy atom. The van der Waals surface area contributed by atoms with Crippen molar-refractivity contribution in [2.75, 3.05) is 253 Å². The minimum absolute atomic E-state index is 0.103. The number of carbonyl (C=O) groups is 3. The van der Waals surface area contributed by atoms with Crippen molar-refractivity contribution in [3.8, 4) is 0 Å². The summed E-state index contributed by atoms with van der Waals surface area (Å²) in [5, 5.41) is 17.4. The van der Waals surface area contributed by atoms with Crippen LogP contribution in [-0.2, 0) is 80.9 Å². The third kappa shape index (κ3) is 54.9. The van der Waals surface area contributed by atoms with Crippen LogP contribution in [-0.4, -0.2) is 287 Å². The average Bonchev–Trinajstić information content (AvgIpc) is 3.41. The number of ether oxygens (including phenoxy) is 12. The largest absolute Gasteiger partial charge is 0.393 e. The van der Waals surface area contributed by atoms with Crippen LogP contribution in [0.25, 0.3) is 10.4 Å². The van der Waals surface area contributed by atoms with Crippen LogP contribution in [0.1, 0.15) is 19.3 Å². The number of thioether (sulfide) groups is 4. The molecule has 0 heterocycles. The van der Waals surface area contributed by atoms with Gasteiger partial charge < -0.3 is 82.1 Å². The predicted octanol–water partition coefficient (Wildman–Crippen LogP) is 2.92. The fourth-order valence-electron chi connectivity index (χ4n) is 5.60. The van der Waals surface area contributed by atoms with E-state index in [1.807, 2.05) is 25.0 Å². The number of amides is 3. The van der Waals surface area contributed by atoms with Gasteiger partial charge in [-0.3, -0.25) is 14.4 Å². The van der Waals surface area contributed by atoms with Crippen molar-refractivity contribution in [3.63, 3.8) is 0 Å². The molecule has 0 saturated carbocycles. The van der Waals surface area contributed by atoms with E-state index in [1.165, 1.54) is 0 Å². The lowest BCUT2D eigenvalue weighted by Crippen LogP contribution is -2.43. The maximum absolute atomic E-state index is 13.2. The van der Waals surface area contributed by atoms with Gasteiger partial charge in [-0.1, -0.05) is 15.4 Å². The lowest BCUT2D eigenvalue weighted by Gasteiger charge is -2.23. The summed E-state index contributed by atoms with van der Waals surface area (Å²) in [7, 11) is 0. The maximum atomic E-state index is 13.2. The van der Waals surface area contributed by atoms with Crippen LogP contribution in [0.15, 0.2) is 15.4 Å². The normalized spacial score (nSPS) is 11.0. The van der Waals surface area contributed by atoms with E-state index in [4.69, 9.17) is 72.0 Å². The van der Waals surface area contributed by atoms with Crippen molar-refractivity contribution in [1.29, 1.82) is 0 Å². The SMILES string of the molecule is CSCC(CSC)=NOCCOCCOCCOCCOCCC(=O)NCCN(CCNC(=O)CCOCCOCCOCCOCCON=C(CSC)CSC)C(=O)CCOCCOCCOCCOCCN=[N+]=[N-]. The van der Waals surface area contributed by atoms with Crippen molar-refractivity contribution < 1.29 is 80.9 Å². The fourth-order valence-corrected chi connectivity index (χ4v) is 7.81. The average molecular weight is 1170 g/mol. The lowest BCUT2D eigenvalue weighted by atomic mass is 10.3. The molecule has 76 heavy (non-hydrogen) atoms. The van der Waals surface area contributed by atoms with E-state index in [-0.39, 0.29) is 96.1 Å². The smallest absolute Gasteiger partial charge is 0.225 e. The first-order valence-electron chi connectivity index (χ1n) is 25.5. The van der Waals surface area contributed by atoms with Crippen molar-refractivity contribution in [1.82, 2.24) is 15.5 Å². The number of hydrogen-bond acceptors (Lipinski definition) is 24. The van der Waals surface area contributed by atoms with Crippen LogP contribution in [0.5, 0.6) is 0 Å². The Morgan fingerprint density at radius 3 is 0.987 bits per heavy atom. The molecule has 0 aromatic carbocycles. The highest BCUT2D eigenvalue weighted by Crippen LogP contribution is 2.03. The van der Waals surface area contributed by atoms with Crippen LogP contribution in [0.4, 0.5) is 0 Å². The first kappa shape index (κ1) is 73.6. The van der Waals surface area contributed by atoms with Gasteiger partial charge in [-0.05, 0) is 30.6 Å². The molecule has 29 heteroatoms. The molecular weight excluding hydrogens is 1080 g/mol. The van der Waals surface area contributed by atoms with Gasteiger partial charge in [0.15, 0.2) is 0 Å². The zero-order valence-corrected chi connectivity index (χ0v) is 48.9. The number of oxime groups is 2. The van der Waals surface area contributed by atoms with E-state index in [0.29, 0.717) is 145 Å². The molecule has 0 atom stereocenters. The molecule has 0 bridgehead atoms. The van der Waals surface area contributed by atoms with E-state index in [1.54, 1.807) is 51.9 Å². The maximum Gasteiger partial charge on any atom is 0.225 e. The highest BCUT2D eigenvalue weighted by atomic mass is 32.2. The summed E-state index contributed by atoms with van der Waals surface area (Å²) < 4.78 is 66.0. The van der Waals surface area contributed by atoms with Crippen LogP contribution in [0.2, 0.25) is 0 Å². The first-order chi connectivity index (χ1) is 37.4. The Bertz CT molecular complexity index is 1370. The van der Waals surface area contributed by atoms with Gasteiger partial charge in [-0.2, -0.15) is 47.0 Å². The highest BCUT2D eigenvalue weighted by Gasteiger charge is 2.15. The minimum Gasteiger partial charge on any atom is -0.393 e. The molecule has 0 aromatic rings. The number of rotatable bonds is 61. The summed E-state index contributed by atoms with van der Waals surface area (Å²) in [4.78, 5) is 53.2. The number of azide groups is 1. The predicted molar refractivity (Wildman–Crippen MR) is 301 cm³/mol. The second-order valence-electron chi connectivity index (χ2n) is 15.3. The molecule has 3 amide bonds. The molecule has 0 aliphatic rings. The molecule has 25 nitrogen and oxygen atoms in total. The van der Waals surface area contributed by atoms with E-state index in [2.05, 4.69) is 31.0 Å². The van der Waals surface area contributed by atoms with Gasteiger partial charge in [0.05, 0.1) is 176 Å². The molecule has 0 fully saturated rings. The number of nitrogens with zero attached hydrogens (tertiary/aromatic N) is 6. The molecule has 444 valence electrons. The number of hydrogen-bond donors (Lipinski definition) is 2. The molecule has 0 radical (unpaired) electrons. The van der Waals surface area contributed by atoms with Gasteiger partial charge in [-0.15, -0.1) is 0 Å². The van der Waals surface area contributed by atoms with Crippen molar-refractivity contribution in [3.05, 3.63) is 10.4 Å². The Labute approximate surface area is 468 Å². The lowest BCUT2D eigenvalue weighted by molar-refractivity contribution is -0.133. The molecule has 0 saturated heterocycles. The zero-order chi connectivity index (χ0) is 55.3. The minimum atomic E-state index is -0.220. The Balaban J connectivity index is 4.32. The van der Waals surface area contributed by atoms with Crippen LogP contribution < -0.4 is 10.6 Å². The summed E-state index contributed by atoms with van der Waals surface area (Å²) in [5.74, 6) is 2.76. The van der Waals surface area contributed by atoms with Gasteiger partial charge in [0.2, 0.25) is 17.7 Å². The molecule has 2 N–H and O–H groups in total. The standard InChI is InChI=1S/C47H90N8O17S4/c1-73-39-43(40-74-2)52-71-37-35-69-33-31-67-29-26-63-21-17-59-13-5-45(56)49-8-11-55(47(58)7-15-61-19-23-65-25-28-66-24-20-62-16-10-51-54-48)12-9-50-46(57)6-14-60-18-22-64-27-30-68-32-34-70-36-38-72-53-44(41-75-3)42-76-4/h5-42H2,1-4H3,(H,49,56)(H,50,57). The third-order valence-electron chi connectivity index (χ3n) is 9.18. The van der Waals surface area contributed by atoms with Crippen molar-refractivity contribution in [2.45, 2.75) is 19.3 Å². The molecular formula is C47H90N8O17S4. The molecule has 0 unspecified atom stereocenters. The monoisotopic (exact) mass is 1170 g/mol. The Morgan fingerprint density at radius 1 is 0.408 bits per heavy atom. The topological polar surface area (TPSA) is 281 Å². The van der Waals surface area contributed by atoms with Crippen LogP contribution >= 0.6 is 47.0 Å². The number of carbonyl (C=O) groups excluding carboxylic acids is 3. The quantitative estimate of drug-likeness (QED) is 0.0221. The summed E-state index contributed by atoms with van der Waals surface area (Å²) in [5.41, 5.74) is 10.3. The third-order valence-corrected chi connectivity index (χ3v) is 11.7. The summed E-state index contributed by atoms with van der Waals surface area (Å²) in [6, 6.07) is 0. The van der Waals surface area contributed by atoms with Gasteiger partial charge in [-0.25, -0.2) is 0 Å². The van der Waals surface area contributed by atoms with E-state index in [9.17, 15) is 14.4 Å². The van der Waals surface area contributed by atoms with Crippen molar-refractivity contribution in [2.24, 2.45) is 15.4 Å². The highest BCUT2D eigenvalue weighted by molar-refractivity contribution is 8.01. The molecule has 0 aromatic heterocycles.